The normalized spacial score (nSPS) is 14.1. The van der Waals surface area contributed by atoms with Crippen LogP contribution in [0.3, 0.4) is 0 Å². The monoisotopic (exact) mass is 246 g/mol. The van der Waals surface area contributed by atoms with Gasteiger partial charge < -0.3 is 10.2 Å². The molecule has 1 aliphatic rings. The van der Waals surface area contributed by atoms with Gasteiger partial charge >= 0.3 is 0 Å². The summed E-state index contributed by atoms with van der Waals surface area (Å²) in [7, 11) is 3.46. The van der Waals surface area contributed by atoms with Crippen molar-refractivity contribution in [1.29, 1.82) is 0 Å². The van der Waals surface area contributed by atoms with Gasteiger partial charge in [0.05, 0.1) is 0 Å². The first-order valence-corrected chi connectivity index (χ1v) is 6.16. The van der Waals surface area contributed by atoms with E-state index in [0.717, 1.165) is 18.4 Å². The Hall–Kier alpha value is -1.84. The smallest absolute Gasteiger partial charge is 0.253 e. The van der Waals surface area contributed by atoms with E-state index in [-0.39, 0.29) is 17.7 Å². The number of nitrogens with one attached hydrogen (secondary N) is 1. The van der Waals surface area contributed by atoms with Crippen LogP contribution in [-0.2, 0) is 11.3 Å². The van der Waals surface area contributed by atoms with Crippen molar-refractivity contribution in [3.8, 4) is 0 Å². The summed E-state index contributed by atoms with van der Waals surface area (Å²) in [5, 5.41) is 2.90. The number of carbonyl (C=O) groups is 2. The van der Waals surface area contributed by atoms with E-state index in [2.05, 4.69) is 5.32 Å². The number of hydrogen-bond donors (Lipinski definition) is 1. The van der Waals surface area contributed by atoms with Gasteiger partial charge in [-0.2, -0.15) is 0 Å². The molecule has 0 saturated heterocycles. The Balaban J connectivity index is 1.90. The van der Waals surface area contributed by atoms with Crippen LogP contribution in [0, 0.1) is 5.92 Å². The third-order valence-corrected chi connectivity index (χ3v) is 3.02. The van der Waals surface area contributed by atoms with Crippen molar-refractivity contribution in [2.45, 2.75) is 19.4 Å². The zero-order chi connectivity index (χ0) is 13.1. The Kier molecular flexibility index (Phi) is 3.65. The predicted octanol–water partition coefficient (Wildman–Crippen LogP) is 1.41. The Morgan fingerprint density at radius 1 is 1.22 bits per heavy atom. The number of benzene rings is 1. The maximum atomic E-state index is 11.7. The van der Waals surface area contributed by atoms with Crippen molar-refractivity contribution < 1.29 is 9.59 Å². The summed E-state index contributed by atoms with van der Waals surface area (Å²) < 4.78 is 0. The van der Waals surface area contributed by atoms with E-state index in [9.17, 15) is 9.59 Å². The molecule has 4 heteroatoms. The second kappa shape index (κ2) is 5.21. The maximum absolute atomic E-state index is 11.7. The third kappa shape index (κ3) is 3.09. The van der Waals surface area contributed by atoms with Crippen LogP contribution in [0.2, 0.25) is 0 Å². The SMILES string of the molecule is CN(C)C(=O)c1ccc(CNC(=O)C2CC2)cc1. The highest BCUT2D eigenvalue weighted by atomic mass is 16.2. The van der Waals surface area contributed by atoms with Crippen LogP contribution in [-0.4, -0.2) is 30.8 Å². The summed E-state index contributed by atoms with van der Waals surface area (Å²) in [6.07, 6.45) is 2.03. The van der Waals surface area contributed by atoms with Gasteiger partial charge in [-0.25, -0.2) is 0 Å². The highest BCUT2D eigenvalue weighted by molar-refractivity contribution is 5.93. The van der Waals surface area contributed by atoms with Gasteiger partial charge in [0, 0.05) is 32.1 Å². The molecule has 0 aromatic heterocycles. The molecule has 4 nitrogen and oxygen atoms in total. The van der Waals surface area contributed by atoms with Gasteiger partial charge in [0.2, 0.25) is 5.91 Å². The summed E-state index contributed by atoms with van der Waals surface area (Å²) >= 11 is 0. The minimum atomic E-state index is -0.0106. The fourth-order valence-electron chi connectivity index (χ4n) is 1.70. The first kappa shape index (κ1) is 12.6. The van der Waals surface area contributed by atoms with E-state index in [1.54, 1.807) is 31.1 Å². The average Bonchev–Trinajstić information content (AvgIpc) is 3.20. The fourth-order valence-corrected chi connectivity index (χ4v) is 1.70. The van der Waals surface area contributed by atoms with Crippen molar-refractivity contribution in [2.24, 2.45) is 5.92 Å². The minimum Gasteiger partial charge on any atom is -0.352 e. The van der Waals surface area contributed by atoms with Crippen molar-refractivity contribution in [3.63, 3.8) is 0 Å². The van der Waals surface area contributed by atoms with Gasteiger partial charge in [-0.05, 0) is 30.5 Å². The zero-order valence-electron chi connectivity index (χ0n) is 10.8. The molecule has 0 atom stereocenters. The standard InChI is InChI=1S/C14H18N2O2/c1-16(2)14(18)12-5-3-10(4-6-12)9-15-13(17)11-7-8-11/h3-6,11H,7-9H2,1-2H3,(H,15,17). The molecule has 0 spiro atoms. The lowest BCUT2D eigenvalue weighted by Crippen LogP contribution is -2.24. The Labute approximate surface area is 107 Å². The van der Waals surface area contributed by atoms with Crippen LogP contribution in [0.25, 0.3) is 0 Å². The number of nitrogens with zero attached hydrogens (tertiary/aromatic N) is 1. The first-order chi connectivity index (χ1) is 8.58. The van der Waals surface area contributed by atoms with Gasteiger partial charge in [0.1, 0.15) is 0 Å². The molecular formula is C14H18N2O2. The summed E-state index contributed by atoms with van der Waals surface area (Å²) in [5.74, 6) is 0.367. The molecule has 0 radical (unpaired) electrons. The maximum Gasteiger partial charge on any atom is 0.253 e. The summed E-state index contributed by atoms with van der Waals surface area (Å²) in [5.41, 5.74) is 1.68. The van der Waals surface area contributed by atoms with E-state index in [1.165, 1.54) is 0 Å². The Morgan fingerprint density at radius 3 is 2.33 bits per heavy atom. The van der Waals surface area contributed by atoms with Crippen LogP contribution in [0.4, 0.5) is 0 Å². The van der Waals surface area contributed by atoms with E-state index in [1.807, 2.05) is 12.1 Å². The van der Waals surface area contributed by atoms with Crippen molar-refractivity contribution in [1.82, 2.24) is 10.2 Å². The second-order valence-electron chi connectivity index (χ2n) is 4.89. The second-order valence-corrected chi connectivity index (χ2v) is 4.89. The molecule has 2 rings (SSSR count). The van der Waals surface area contributed by atoms with Crippen molar-refractivity contribution >= 4 is 11.8 Å². The highest BCUT2D eigenvalue weighted by Gasteiger charge is 2.29. The first-order valence-electron chi connectivity index (χ1n) is 6.16. The largest absolute Gasteiger partial charge is 0.352 e. The van der Waals surface area contributed by atoms with Crippen molar-refractivity contribution in [3.05, 3.63) is 35.4 Å². The Morgan fingerprint density at radius 2 is 1.83 bits per heavy atom. The lowest BCUT2D eigenvalue weighted by atomic mass is 10.1. The van der Waals surface area contributed by atoms with Crippen LogP contribution >= 0.6 is 0 Å². The molecule has 1 aliphatic carbocycles. The molecule has 1 N–H and O–H groups in total. The molecule has 1 aromatic rings. The van der Waals surface area contributed by atoms with Gasteiger partial charge in [0.15, 0.2) is 0 Å². The lowest BCUT2D eigenvalue weighted by Gasteiger charge is -2.10. The Bertz CT molecular complexity index is 447. The molecule has 0 aliphatic heterocycles. The molecule has 1 aromatic carbocycles. The number of hydrogen-bond acceptors (Lipinski definition) is 2. The molecule has 96 valence electrons. The lowest BCUT2D eigenvalue weighted by molar-refractivity contribution is -0.122. The molecule has 0 bridgehead atoms. The molecule has 1 saturated carbocycles. The number of rotatable bonds is 4. The van der Waals surface area contributed by atoms with Crippen LogP contribution < -0.4 is 5.32 Å². The van der Waals surface area contributed by atoms with E-state index < -0.39 is 0 Å². The molecule has 2 amide bonds. The third-order valence-electron chi connectivity index (χ3n) is 3.02. The van der Waals surface area contributed by atoms with Gasteiger partial charge in [-0.15, -0.1) is 0 Å². The minimum absolute atomic E-state index is 0.0106. The topological polar surface area (TPSA) is 49.4 Å². The molecule has 0 unspecified atom stereocenters. The number of carbonyl (C=O) groups excluding carboxylic acids is 2. The van der Waals surface area contributed by atoms with Crippen molar-refractivity contribution in [2.75, 3.05) is 14.1 Å². The van der Waals surface area contributed by atoms with E-state index in [4.69, 9.17) is 0 Å². The average molecular weight is 246 g/mol. The van der Waals surface area contributed by atoms with E-state index >= 15 is 0 Å². The number of amides is 2. The van der Waals surface area contributed by atoms with Crippen LogP contribution in [0.5, 0.6) is 0 Å². The van der Waals surface area contributed by atoms with Gasteiger partial charge in [0.25, 0.3) is 5.91 Å². The van der Waals surface area contributed by atoms with Gasteiger partial charge in [-0.1, -0.05) is 12.1 Å². The molecule has 1 fully saturated rings. The fraction of sp³-hybridized carbons (Fsp3) is 0.429. The van der Waals surface area contributed by atoms with Crippen LogP contribution in [0.15, 0.2) is 24.3 Å². The quantitative estimate of drug-likeness (QED) is 0.873. The summed E-state index contributed by atoms with van der Waals surface area (Å²) in [4.78, 5) is 24.7. The molecule has 0 heterocycles. The van der Waals surface area contributed by atoms with E-state index in [0.29, 0.717) is 12.1 Å². The van der Waals surface area contributed by atoms with Crippen LogP contribution in [0.1, 0.15) is 28.8 Å². The van der Waals surface area contributed by atoms with Gasteiger partial charge in [-0.3, -0.25) is 9.59 Å². The highest BCUT2D eigenvalue weighted by Crippen LogP contribution is 2.28. The summed E-state index contributed by atoms with van der Waals surface area (Å²) in [6, 6.07) is 7.34. The summed E-state index contributed by atoms with van der Waals surface area (Å²) in [6.45, 7) is 0.534. The predicted molar refractivity (Wildman–Crippen MR) is 69.0 cm³/mol. The molecule has 18 heavy (non-hydrogen) atoms. The zero-order valence-corrected chi connectivity index (χ0v) is 10.8. The molecular weight excluding hydrogens is 228 g/mol.